The standard InChI is InChI=1S/C28H25N5O2/c1-20-30-31-32-33(20)29-19-28(17-8-3-9-18-28)23-14-10-16-25(35)27(23)26(21-11-4-2-5-12-21)22-13-6-7-15-24(22)34/h2-17,19,26,34-35H,18H2,1H3. The molecule has 2 unspecified atom stereocenters. The van der Waals surface area contributed by atoms with Gasteiger partial charge >= 0.3 is 0 Å². The van der Waals surface area contributed by atoms with Crippen LogP contribution in [0.25, 0.3) is 0 Å². The number of aromatic nitrogens is 4. The number of allylic oxidation sites excluding steroid dienone is 4. The van der Waals surface area contributed by atoms with Crippen LogP contribution in [0.1, 0.15) is 40.4 Å². The molecule has 1 heterocycles. The highest BCUT2D eigenvalue weighted by molar-refractivity contribution is 5.80. The van der Waals surface area contributed by atoms with Gasteiger partial charge in [-0.2, -0.15) is 5.10 Å². The molecule has 2 N–H and O–H groups in total. The Hall–Kier alpha value is -4.52. The SMILES string of the molecule is Cc1nnnn1N=CC1(c2cccc(O)c2C(c2ccccc2)c2ccccc2O)C=CC=CC1. The number of tetrazole rings is 1. The Kier molecular flexibility index (Phi) is 5.97. The van der Waals surface area contributed by atoms with Crippen LogP contribution in [0.4, 0.5) is 0 Å². The fourth-order valence-electron chi connectivity index (χ4n) is 4.63. The second-order valence-electron chi connectivity index (χ2n) is 8.53. The molecule has 0 saturated heterocycles. The Labute approximate surface area is 203 Å². The van der Waals surface area contributed by atoms with Gasteiger partial charge in [-0.3, -0.25) is 0 Å². The number of aryl methyl sites for hydroxylation is 1. The molecule has 1 aromatic heterocycles. The Bertz CT molecular complexity index is 1420. The first-order chi connectivity index (χ1) is 17.1. The Morgan fingerprint density at radius 2 is 1.71 bits per heavy atom. The van der Waals surface area contributed by atoms with Crippen LogP contribution in [0.3, 0.4) is 0 Å². The summed E-state index contributed by atoms with van der Waals surface area (Å²) in [6.45, 7) is 1.78. The van der Waals surface area contributed by atoms with Crippen LogP contribution < -0.4 is 0 Å². The molecular formula is C28H25N5O2. The average molecular weight is 464 g/mol. The van der Waals surface area contributed by atoms with Crippen molar-refractivity contribution in [1.29, 1.82) is 0 Å². The fraction of sp³-hybridized carbons (Fsp3) is 0.143. The van der Waals surface area contributed by atoms with Crippen molar-refractivity contribution in [3.05, 3.63) is 125 Å². The van der Waals surface area contributed by atoms with E-state index in [1.807, 2.05) is 73.0 Å². The quantitative estimate of drug-likeness (QED) is 0.314. The summed E-state index contributed by atoms with van der Waals surface area (Å²) in [5.41, 5.74) is 2.58. The summed E-state index contributed by atoms with van der Waals surface area (Å²) in [7, 11) is 0. The first-order valence-corrected chi connectivity index (χ1v) is 11.4. The van der Waals surface area contributed by atoms with Gasteiger partial charge in [-0.1, -0.05) is 85.0 Å². The highest BCUT2D eigenvalue weighted by Gasteiger charge is 2.35. The van der Waals surface area contributed by atoms with E-state index < -0.39 is 11.3 Å². The first kappa shape index (κ1) is 22.3. The zero-order valence-electron chi connectivity index (χ0n) is 19.2. The third kappa shape index (κ3) is 4.24. The van der Waals surface area contributed by atoms with E-state index in [2.05, 4.69) is 32.8 Å². The molecule has 2 atom stereocenters. The van der Waals surface area contributed by atoms with E-state index in [1.54, 1.807) is 25.1 Å². The molecule has 1 aliphatic rings. The van der Waals surface area contributed by atoms with Crippen molar-refractivity contribution >= 4 is 6.21 Å². The molecule has 174 valence electrons. The third-order valence-electron chi connectivity index (χ3n) is 6.35. The molecule has 7 heteroatoms. The minimum absolute atomic E-state index is 0.147. The molecule has 3 aromatic carbocycles. The maximum absolute atomic E-state index is 11.3. The van der Waals surface area contributed by atoms with E-state index in [-0.39, 0.29) is 11.5 Å². The largest absolute Gasteiger partial charge is 0.508 e. The van der Waals surface area contributed by atoms with Crippen LogP contribution in [0, 0.1) is 6.92 Å². The number of rotatable bonds is 6. The van der Waals surface area contributed by atoms with Gasteiger partial charge in [0.25, 0.3) is 0 Å². The van der Waals surface area contributed by atoms with Crippen LogP contribution in [0.5, 0.6) is 11.5 Å². The zero-order chi connectivity index (χ0) is 24.3. The van der Waals surface area contributed by atoms with Crippen molar-refractivity contribution in [2.24, 2.45) is 5.10 Å². The van der Waals surface area contributed by atoms with Crippen molar-refractivity contribution in [2.75, 3.05) is 0 Å². The number of aromatic hydroxyl groups is 2. The smallest absolute Gasteiger partial charge is 0.173 e. The van der Waals surface area contributed by atoms with Crippen LogP contribution in [-0.2, 0) is 5.41 Å². The van der Waals surface area contributed by atoms with E-state index in [0.29, 0.717) is 23.4 Å². The lowest BCUT2D eigenvalue weighted by molar-refractivity contribution is 0.456. The molecule has 0 radical (unpaired) electrons. The average Bonchev–Trinajstić information content (AvgIpc) is 3.31. The van der Waals surface area contributed by atoms with Crippen LogP contribution in [-0.4, -0.2) is 36.7 Å². The summed E-state index contributed by atoms with van der Waals surface area (Å²) in [5.74, 6) is 0.475. The molecule has 0 saturated carbocycles. The lowest BCUT2D eigenvalue weighted by Gasteiger charge is -2.33. The van der Waals surface area contributed by atoms with E-state index in [0.717, 1.165) is 11.1 Å². The van der Waals surface area contributed by atoms with Crippen molar-refractivity contribution in [3.63, 3.8) is 0 Å². The number of hydrogen-bond donors (Lipinski definition) is 2. The van der Waals surface area contributed by atoms with E-state index in [4.69, 9.17) is 0 Å². The van der Waals surface area contributed by atoms with Crippen LogP contribution >= 0.6 is 0 Å². The molecule has 35 heavy (non-hydrogen) atoms. The molecule has 7 nitrogen and oxygen atoms in total. The monoisotopic (exact) mass is 463 g/mol. The number of benzene rings is 3. The Balaban J connectivity index is 1.76. The molecule has 4 aromatic rings. The molecule has 0 bridgehead atoms. The lowest BCUT2D eigenvalue weighted by Crippen LogP contribution is -2.29. The molecule has 0 aliphatic heterocycles. The lowest BCUT2D eigenvalue weighted by atomic mass is 9.70. The van der Waals surface area contributed by atoms with E-state index in [9.17, 15) is 10.2 Å². The molecule has 0 amide bonds. The highest BCUT2D eigenvalue weighted by atomic mass is 16.3. The van der Waals surface area contributed by atoms with Crippen LogP contribution in [0.15, 0.2) is 102 Å². The predicted molar refractivity (Wildman–Crippen MR) is 135 cm³/mol. The van der Waals surface area contributed by atoms with Gasteiger partial charge < -0.3 is 10.2 Å². The van der Waals surface area contributed by atoms with Gasteiger partial charge in [0.1, 0.15) is 11.5 Å². The Morgan fingerprint density at radius 3 is 2.43 bits per heavy atom. The van der Waals surface area contributed by atoms with Crippen molar-refractivity contribution < 1.29 is 10.2 Å². The Morgan fingerprint density at radius 1 is 0.943 bits per heavy atom. The van der Waals surface area contributed by atoms with Crippen molar-refractivity contribution in [3.8, 4) is 11.5 Å². The number of para-hydroxylation sites is 1. The number of hydrogen-bond acceptors (Lipinski definition) is 6. The van der Waals surface area contributed by atoms with Gasteiger partial charge in [-0.25, -0.2) is 0 Å². The van der Waals surface area contributed by atoms with Gasteiger partial charge in [0, 0.05) is 23.3 Å². The van der Waals surface area contributed by atoms with Gasteiger partial charge in [0.15, 0.2) is 5.82 Å². The summed E-state index contributed by atoms with van der Waals surface area (Å²) < 4.78 is 0. The zero-order valence-corrected chi connectivity index (χ0v) is 19.2. The van der Waals surface area contributed by atoms with Crippen molar-refractivity contribution in [1.82, 2.24) is 20.3 Å². The number of phenolic OH excluding ortho intramolecular Hbond substituents is 2. The van der Waals surface area contributed by atoms with Gasteiger partial charge in [-0.15, -0.1) is 9.89 Å². The van der Waals surface area contributed by atoms with E-state index >= 15 is 0 Å². The maximum Gasteiger partial charge on any atom is 0.173 e. The van der Waals surface area contributed by atoms with Crippen LogP contribution in [0.2, 0.25) is 0 Å². The summed E-state index contributed by atoms with van der Waals surface area (Å²) in [6, 6.07) is 22.7. The summed E-state index contributed by atoms with van der Waals surface area (Å²) >= 11 is 0. The maximum atomic E-state index is 11.3. The molecule has 0 spiro atoms. The number of phenols is 2. The molecule has 1 aliphatic carbocycles. The summed E-state index contributed by atoms with van der Waals surface area (Å²) in [6.07, 6.45) is 10.6. The van der Waals surface area contributed by atoms with Gasteiger partial charge in [0.05, 0.1) is 5.41 Å². The summed E-state index contributed by atoms with van der Waals surface area (Å²) in [4.78, 5) is 1.38. The van der Waals surface area contributed by atoms with Gasteiger partial charge in [0.2, 0.25) is 0 Å². The summed E-state index contributed by atoms with van der Waals surface area (Å²) in [5, 5.41) is 38.3. The fourth-order valence-corrected chi connectivity index (χ4v) is 4.63. The minimum Gasteiger partial charge on any atom is -0.508 e. The molecule has 5 rings (SSSR count). The van der Waals surface area contributed by atoms with Gasteiger partial charge in [-0.05, 0) is 47.0 Å². The van der Waals surface area contributed by atoms with E-state index in [1.165, 1.54) is 4.79 Å². The second-order valence-corrected chi connectivity index (χ2v) is 8.53. The topological polar surface area (TPSA) is 96.4 Å². The normalized spacial score (nSPS) is 18.2. The van der Waals surface area contributed by atoms with Crippen molar-refractivity contribution in [2.45, 2.75) is 24.7 Å². The molecular weight excluding hydrogens is 438 g/mol. The minimum atomic E-state index is -0.668. The number of nitrogens with zero attached hydrogens (tertiary/aromatic N) is 5. The highest BCUT2D eigenvalue weighted by Crippen LogP contribution is 2.46. The second kappa shape index (κ2) is 9.38. The predicted octanol–water partition coefficient (Wildman–Crippen LogP) is 4.86. The first-order valence-electron chi connectivity index (χ1n) is 11.4. The third-order valence-corrected chi connectivity index (χ3v) is 6.35. The molecule has 0 fully saturated rings.